The highest BCUT2D eigenvalue weighted by Crippen LogP contribution is 2.54. The van der Waals surface area contributed by atoms with E-state index in [1.54, 1.807) is 6.07 Å². The second-order valence-electron chi connectivity index (χ2n) is 9.09. The Bertz CT molecular complexity index is 1470. The molecule has 3 aliphatic rings. The molecule has 17 heteroatoms. The Morgan fingerprint density at radius 1 is 0.974 bits per heavy atom. The number of halogens is 9. The minimum atomic E-state index is -7.26. The lowest BCUT2D eigenvalue weighted by Crippen LogP contribution is -2.67. The van der Waals surface area contributed by atoms with E-state index in [1.807, 2.05) is 6.07 Å². The molecule has 1 aromatic carbocycles. The second-order valence-corrected chi connectivity index (χ2v) is 9.09. The van der Waals surface area contributed by atoms with Gasteiger partial charge in [0.05, 0.1) is 24.0 Å². The largest absolute Gasteiger partial charge is 0.460 e. The number of rotatable bonds is 4. The highest BCUT2D eigenvalue weighted by molar-refractivity contribution is 6.25. The van der Waals surface area contributed by atoms with Crippen LogP contribution in [0, 0.1) is 11.3 Å². The third-order valence-corrected chi connectivity index (χ3v) is 7.06. The summed E-state index contributed by atoms with van der Waals surface area (Å²) in [5.41, 5.74) is -0.169. The molecule has 3 saturated heterocycles. The number of piperazine rings is 1. The first-order valence-corrected chi connectivity index (χ1v) is 10.9. The zero-order valence-corrected chi connectivity index (χ0v) is 18.9. The topological polar surface area (TPSA) is 97.6 Å². The third-order valence-electron chi connectivity index (χ3n) is 7.06. The molecule has 0 aliphatic carbocycles. The van der Waals surface area contributed by atoms with Crippen molar-refractivity contribution >= 4 is 34.3 Å². The van der Waals surface area contributed by atoms with Crippen LogP contribution in [0.5, 0.6) is 0 Å². The number of benzene rings is 1. The van der Waals surface area contributed by atoms with E-state index >= 15 is 0 Å². The van der Waals surface area contributed by atoms with Crippen LogP contribution in [0.4, 0.5) is 50.0 Å². The van der Waals surface area contributed by atoms with Crippen LogP contribution in [0.3, 0.4) is 0 Å². The second kappa shape index (κ2) is 7.96. The predicted molar refractivity (Wildman–Crippen MR) is 110 cm³/mol. The number of hydrogen-bond donors (Lipinski definition) is 0. The molecule has 2 bridgehead atoms. The van der Waals surface area contributed by atoms with Crippen molar-refractivity contribution in [2.75, 3.05) is 11.4 Å². The van der Waals surface area contributed by atoms with Crippen LogP contribution < -0.4 is 4.90 Å². The van der Waals surface area contributed by atoms with Gasteiger partial charge in [0, 0.05) is 17.3 Å². The summed E-state index contributed by atoms with van der Waals surface area (Å²) in [4.78, 5) is 44.2. The van der Waals surface area contributed by atoms with Gasteiger partial charge in [-0.05, 0) is 6.42 Å². The van der Waals surface area contributed by atoms with Gasteiger partial charge >= 0.3 is 30.0 Å². The first kappa shape index (κ1) is 26.5. The van der Waals surface area contributed by atoms with Gasteiger partial charge in [0.1, 0.15) is 17.8 Å². The number of nitrogens with zero attached hydrogens (tertiary/aromatic N) is 5. The molecule has 39 heavy (non-hydrogen) atoms. The minimum Gasteiger partial charge on any atom is -0.330 e. The van der Waals surface area contributed by atoms with Crippen LogP contribution >= 0.6 is 0 Å². The SMILES string of the molecule is N#Cc1ncc(N2C(=O)C3C4CC(CN4C(=O)C(F)(F)C(F)(F)C(F)(F)C(F)(F)F)N3C2=O)c2ccccc12. The number of carbonyl (C=O) groups is 3. The Morgan fingerprint density at radius 2 is 1.59 bits per heavy atom. The van der Waals surface area contributed by atoms with Crippen molar-refractivity contribution in [2.24, 2.45) is 0 Å². The van der Waals surface area contributed by atoms with Crippen LogP contribution in [0.2, 0.25) is 0 Å². The third kappa shape index (κ3) is 3.26. The molecule has 3 aliphatic heterocycles. The maximum Gasteiger partial charge on any atom is 0.460 e. The van der Waals surface area contributed by atoms with E-state index in [9.17, 15) is 59.2 Å². The van der Waals surface area contributed by atoms with E-state index in [1.165, 1.54) is 18.2 Å². The Morgan fingerprint density at radius 3 is 2.18 bits per heavy atom. The lowest BCUT2D eigenvalue weighted by Gasteiger charge is -2.39. The fraction of sp³-hybridized carbons (Fsp3) is 0.409. The molecular weight excluding hydrogens is 553 g/mol. The molecule has 4 heterocycles. The summed E-state index contributed by atoms with van der Waals surface area (Å²) in [7, 11) is 0. The standard InChI is InChI=1S/C22H12F9N5O3/c23-19(24,20(25,26)21(27,28)22(29,30)31)17(38)34-8-9-5-13(34)15-16(37)36(18(39)35(9)15)14-7-33-12(6-32)10-3-1-2-4-11(10)14/h1-4,7,9,13,15H,5,8H2. The number of nitriles is 1. The Balaban J connectivity index is 1.48. The van der Waals surface area contributed by atoms with Gasteiger partial charge in [0.25, 0.3) is 11.8 Å². The van der Waals surface area contributed by atoms with E-state index in [0.29, 0.717) is 4.90 Å². The Labute approximate surface area is 211 Å². The zero-order chi connectivity index (χ0) is 28.9. The molecule has 2 aromatic rings. The van der Waals surface area contributed by atoms with Crippen LogP contribution in [-0.4, -0.2) is 81.2 Å². The van der Waals surface area contributed by atoms with E-state index in [4.69, 9.17) is 0 Å². The highest BCUT2D eigenvalue weighted by Gasteiger charge is 2.84. The summed E-state index contributed by atoms with van der Waals surface area (Å²) in [6.07, 6.45) is -6.46. The van der Waals surface area contributed by atoms with Crippen molar-refractivity contribution in [2.45, 2.75) is 48.5 Å². The summed E-state index contributed by atoms with van der Waals surface area (Å²) < 4.78 is 121. The summed E-state index contributed by atoms with van der Waals surface area (Å²) >= 11 is 0. The summed E-state index contributed by atoms with van der Waals surface area (Å²) in [5.74, 6) is -25.1. The molecule has 1 aromatic heterocycles. The van der Waals surface area contributed by atoms with Gasteiger partial charge in [-0.15, -0.1) is 0 Å². The van der Waals surface area contributed by atoms with Crippen molar-refractivity contribution < 1.29 is 53.9 Å². The number of carbonyl (C=O) groups excluding carboxylic acids is 3. The number of aromatic nitrogens is 1. The quantitative estimate of drug-likeness (QED) is 0.416. The molecular formula is C22H12F9N5O3. The first-order valence-electron chi connectivity index (χ1n) is 10.9. The van der Waals surface area contributed by atoms with E-state index in [0.717, 1.165) is 11.1 Å². The number of amides is 4. The van der Waals surface area contributed by atoms with Gasteiger partial charge in [0.2, 0.25) is 0 Å². The molecule has 5 rings (SSSR count). The van der Waals surface area contributed by atoms with Crippen LogP contribution in [0.1, 0.15) is 12.1 Å². The van der Waals surface area contributed by atoms with Crippen molar-refractivity contribution in [3.8, 4) is 6.07 Å². The Hall–Kier alpha value is -4.10. The highest BCUT2D eigenvalue weighted by atomic mass is 19.4. The number of imide groups is 1. The van der Waals surface area contributed by atoms with Crippen LogP contribution in [0.25, 0.3) is 10.8 Å². The lowest BCUT2D eigenvalue weighted by atomic mass is 10.0. The van der Waals surface area contributed by atoms with E-state index in [-0.39, 0.29) is 33.5 Å². The summed E-state index contributed by atoms with van der Waals surface area (Å²) in [5, 5.41) is 9.74. The number of urea groups is 1. The normalized spacial score (nSPS) is 23.6. The predicted octanol–water partition coefficient (Wildman–Crippen LogP) is 3.69. The molecule has 4 amide bonds. The summed E-state index contributed by atoms with van der Waals surface area (Å²) in [6.45, 7) is -0.914. The van der Waals surface area contributed by atoms with Crippen molar-refractivity contribution in [1.29, 1.82) is 5.26 Å². The molecule has 0 N–H and O–H groups in total. The molecule has 8 nitrogen and oxygen atoms in total. The van der Waals surface area contributed by atoms with E-state index in [2.05, 4.69) is 4.98 Å². The fourth-order valence-electron chi connectivity index (χ4n) is 5.25. The number of fused-ring (bicyclic) bond motifs is 6. The number of likely N-dealkylation sites (tertiary alicyclic amines) is 1. The summed E-state index contributed by atoms with van der Waals surface area (Å²) in [6, 6.07) is 2.21. The van der Waals surface area contributed by atoms with Gasteiger partial charge in [-0.2, -0.15) is 44.8 Å². The number of anilines is 1. The minimum absolute atomic E-state index is 0.0513. The average Bonchev–Trinajstić information content (AvgIpc) is 3.53. The lowest BCUT2D eigenvalue weighted by molar-refractivity contribution is -0.389. The number of alkyl halides is 9. The van der Waals surface area contributed by atoms with Gasteiger partial charge in [0.15, 0.2) is 0 Å². The van der Waals surface area contributed by atoms with E-state index < -0.39 is 66.5 Å². The van der Waals surface area contributed by atoms with Crippen LogP contribution in [0.15, 0.2) is 30.5 Å². The zero-order valence-electron chi connectivity index (χ0n) is 18.9. The Kier molecular flexibility index (Phi) is 5.41. The van der Waals surface area contributed by atoms with Gasteiger partial charge in [-0.3, -0.25) is 9.59 Å². The van der Waals surface area contributed by atoms with Crippen molar-refractivity contribution in [1.82, 2.24) is 14.8 Å². The van der Waals surface area contributed by atoms with Gasteiger partial charge in [-0.1, -0.05) is 24.3 Å². The average molecular weight is 565 g/mol. The molecule has 3 atom stereocenters. The maximum absolute atomic E-state index is 14.4. The smallest absolute Gasteiger partial charge is 0.330 e. The molecule has 206 valence electrons. The monoisotopic (exact) mass is 565 g/mol. The molecule has 0 saturated carbocycles. The van der Waals surface area contributed by atoms with Crippen molar-refractivity contribution in [3.63, 3.8) is 0 Å². The fourth-order valence-corrected chi connectivity index (χ4v) is 5.25. The van der Waals surface area contributed by atoms with Gasteiger partial charge < -0.3 is 9.80 Å². The number of hydrogen-bond acceptors (Lipinski definition) is 5. The molecule has 3 fully saturated rings. The first-order chi connectivity index (χ1) is 18.0. The van der Waals surface area contributed by atoms with Gasteiger partial charge in [-0.25, -0.2) is 14.7 Å². The number of pyridine rings is 1. The molecule has 0 spiro atoms. The maximum atomic E-state index is 14.4. The van der Waals surface area contributed by atoms with Crippen molar-refractivity contribution in [3.05, 3.63) is 36.2 Å². The molecule has 0 radical (unpaired) electrons. The molecule has 3 unspecified atom stereocenters. The van der Waals surface area contributed by atoms with Crippen LogP contribution in [-0.2, 0) is 9.59 Å².